The van der Waals surface area contributed by atoms with Gasteiger partial charge in [-0.2, -0.15) is 0 Å². The first-order valence-electron chi connectivity index (χ1n) is 5.39. The van der Waals surface area contributed by atoms with Gasteiger partial charge in [0.1, 0.15) is 0 Å². The number of benzene rings is 1. The number of nitrogens with zero attached hydrogens (tertiary/aromatic N) is 1. The van der Waals surface area contributed by atoms with Gasteiger partial charge in [0.05, 0.1) is 11.3 Å². The number of carbonyl (C=O) groups is 1. The van der Waals surface area contributed by atoms with Crippen LogP contribution in [0.25, 0.3) is 0 Å². The maximum atomic E-state index is 11.2. The molecule has 16 heavy (non-hydrogen) atoms. The summed E-state index contributed by atoms with van der Waals surface area (Å²) in [5.41, 5.74) is 1.20. The van der Waals surface area contributed by atoms with Crippen molar-refractivity contribution in [3.63, 3.8) is 0 Å². The quantitative estimate of drug-likeness (QED) is 0.907. The van der Waals surface area contributed by atoms with Crippen molar-refractivity contribution in [1.29, 1.82) is 0 Å². The Balaban J connectivity index is 2.47. The second-order valence-electron chi connectivity index (χ2n) is 4.12. The smallest absolute Gasteiger partial charge is 0.338 e. The second-order valence-corrected chi connectivity index (χ2v) is 4.98. The van der Waals surface area contributed by atoms with E-state index in [9.17, 15) is 9.90 Å². The predicted molar refractivity (Wildman–Crippen MR) is 67.1 cm³/mol. The monoisotopic (exact) mass is 283 g/mol. The van der Waals surface area contributed by atoms with Crippen LogP contribution < -0.4 is 4.90 Å². The van der Waals surface area contributed by atoms with Crippen molar-refractivity contribution in [3.05, 3.63) is 28.2 Å². The van der Waals surface area contributed by atoms with Crippen LogP contribution in [0.15, 0.2) is 22.7 Å². The Morgan fingerprint density at radius 2 is 2.31 bits per heavy atom. The highest BCUT2D eigenvalue weighted by Gasteiger charge is 2.25. The van der Waals surface area contributed by atoms with Crippen molar-refractivity contribution in [2.75, 3.05) is 11.4 Å². The van der Waals surface area contributed by atoms with E-state index < -0.39 is 5.97 Å². The van der Waals surface area contributed by atoms with Crippen LogP contribution in [-0.2, 0) is 0 Å². The van der Waals surface area contributed by atoms with Crippen molar-refractivity contribution in [1.82, 2.24) is 0 Å². The molecule has 0 radical (unpaired) electrons. The Bertz CT molecular complexity index is 419. The van der Waals surface area contributed by atoms with E-state index >= 15 is 0 Å². The van der Waals surface area contributed by atoms with Crippen LogP contribution in [0.1, 0.15) is 30.1 Å². The highest BCUT2D eigenvalue weighted by molar-refractivity contribution is 9.10. The van der Waals surface area contributed by atoms with Crippen LogP contribution in [0.3, 0.4) is 0 Å². The molecule has 1 aromatic rings. The number of hydrogen-bond donors (Lipinski definition) is 1. The molecule has 0 saturated carbocycles. The zero-order chi connectivity index (χ0) is 11.7. The number of halogens is 1. The molecule has 0 bridgehead atoms. The molecule has 1 fully saturated rings. The summed E-state index contributed by atoms with van der Waals surface area (Å²) in [6.45, 7) is 3.08. The third-order valence-electron chi connectivity index (χ3n) is 3.07. The molecule has 0 aliphatic carbocycles. The van der Waals surface area contributed by atoms with Crippen LogP contribution in [0.2, 0.25) is 0 Å². The van der Waals surface area contributed by atoms with Gasteiger partial charge in [0.25, 0.3) is 0 Å². The van der Waals surface area contributed by atoms with Crippen LogP contribution in [0.5, 0.6) is 0 Å². The third kappa shape index (κ3) is 1.94. The van der Waals surface area contributed by atoms with Crippen molar-refractivity contribution >= 4 is 27.6 Å². The first kappa shape index (κ1) is 11.5. The number of aromatic carboxylic acids is 1. The average molecular weight is 284 g/mol. The van der Waals surface area contributed by atoms with Crippen LogP contribution in [0.4, 0.5) is 5.69 Å². The van der Waals surface area contributed by atoms with Crippen molar-refractivity contribution in [2.24, 2.45) is 0 Å². The molecule has 0 spiro atoms. The Labute approximate surface area is 103 Å². The predicted octanol–water partition coefficient (Wildman–Crippen LogP) is 3.14. The highest BCUT2D eigenvalue weighted by atomic mass is 79.9. The molecule has 4 heteroatoms. The van der Waals surface area contributed by atoms with Gasteiger partial charge in [0, 0.05) is 17.1 Å². The fraction of sp³-hybridized carbons (Fsp3) is 0.417. The summed E-state index contributed by atoms with van der Waals surface area (Å²) in [6.07, 6.45) is 2.26. The lowest BCUT2D eigenvalue weighted by molar-refractivity contribution is 0.0696. The number of carboxylic acids is 1. The van der Waals surface area contributed by atoms with Gasteiger partial charge in [0.2, 0.25) is 0 Å². The van der Waals surface area contributed by atoms with E-state index in [1.807, 2.05) is 12.1 Å². The molecule has 2 rings (SSSR count). The largest absolute Gasteiger partial charge is 0.478 e. The van der Waals surface area contributed by atoms with Gasteiger partial charge in [0.15, 0.2) is 0 Å². The normalized spacial score (nSPS) is 20.1. The highest BCUT2D eigenvalue weighted by Crippen LogP contribution is 2.32. The number of carboxylic acid groups (broad SMARTS) is 1. The molecule has 3 nitrogen and oxygen atoms in total. The summed E-state index contributed by atoms with van der Waals surface area (Å²) in [7, 11) is 0. The lowest BCUT2D eigenvalue weighted by Gasteiger charge is -2.25. The van der Waals surface area contributed by atoms with Gasteiger partial charge in [-0.05, 0) is 47.8 Å². The molecule has 1 heterocycles. The fourth-order valence-corrected chi connectivity index (χ4v) is 2.78. The van der Waals surface area contributed by atoms with Gasteiger partial charge in [-0.25, -0.2) is 4.79 Å². The van der Waals surface area contributed by atoms with E-state index in [0.717, 1.165) is 25.1 Å². The van der Waals surface area contributed by atoms with E-state index in [2.05, 4.69) is 27.8 Å². The van der Waals surface area contributed by atoms with Crippen LogP contribution in [-0.4, -0.2) is 23.7 Å². The average Bonchev–Trinajstić information content (AvgIpc) is 2.63. The van der Waals surface area contributed by atoms with E-state index in [0.29, 0.717) is 16.1 Å². The summed E-state index contributed by atoms with van der Waals surface area (Å²) in [5.74, 6) is -0.874. The molecule has 0 aromatic heterocycles. The fourth-order valence-electron chi connectivity index (χ4n) is 2.25. The molecule has 1 aliphatic rings. The summed E-state index contributed by atoms with van der Waals surface area (Å²) < 4.78 is 0.650. The van der Waals surface area contributed by atoms with Crippen molar-refractivity contribution in [2.45, 2.75) is 25.8 Å². The molecule has 0 amide bonds. The maximum Gasteiger partial charge on any atom is 0.338 e. The summed E-state index contributed by atoms with van der Waals surface area (Å²) >= 11 is 3.31. The Kier molecular flexibility index (Phi) is 3.19. The summed E-state index contributed by atoms with van der Waals surface area (Å²) in [5, 5.41) is 9.24. The SMILES string of the molecule is CC1CCCN1c1cccc(Br)c1C(=O)O. The van der Waals surface area contributed by atoms with Gasteiger partial charge >= 0.3 is 5.97 Å². The van der Waals surface area contributed by atoms with Gasteiger partial charge in [-0.3, -0.25) is 0 Å². The summed E-state index contributed by atoms with van der Waals surface area (Å²) in [6, 6.07) is 5.97. The number of rotatable bonds is 2. The van der Waals surface area contributed by atoms with E-state index in [4.69, 9.17) is 0 Å². The molecular formula is C12H14BrNO2. The van der Waals surface area contributed by atoms with Crippen molar-refractivity contribution < 1.29 is 9.90 Å². The minimum atomic E-state index is -0.874. The van der Waals surface area contributed by atoms with Gasteiger partial charge in [-0.1, -0.05) is 6.07 Å². The van der Waals surface area contributed by atoms with E-state index in [1.54, 1.807) is 6.07 Å². The van der Waals surface area contributed by atoms with Gasteiger partial charge < -0.3 is 10.0 Å². The topological polar surface area (TPSA) is 40.5 Å². The molecule has 1 saturated heterocycles. The van der Waals surface area contributed by atoms with E-state index in [1.165, 1.54) is 0 Å². The zero-order valence-electron chi connectivity index (χ0n) is 9.11. The zero-order valence-corrected chi connectivity index (χ0v) is 10.7. The Hall–Kier alpha value is -1.03. The lowest BCUT2D eigenvalue weighted by Crippen LogP contribution is -2.28. The van der Waals surface area contributed by atoms with Gasteiger partial charge in [-0.15, -0.1) is 0 Å². The van der Waals surface area contributed by atoms with E-state index in [-0.39, 0.29) is 0 Å². The number of hydrogen-bond acceptors (Lipinski definition) is 2. The minimum absolute atomic E-state index is 0.372. The number of anilines is 1. The first-order chi connectivity index (χ1) is 7.61. The van der Waals surface area contributed by atoms with Crippen LogP contribution >= 0.6 is 15.9 Å². The first-order valence-corrected chi connectivity index (χ1v) is 6.19. The molecule has 1 N–H and O–H groups in total. The van der Waals surface area contributed by atoms with Crippen molar-refractivity contribution in [3.8, 4) is 0 Å². The molecule has 1 aromatic carbocycles. The van der Waals surface area contributed by atoms with Crippen LogP contribution in [0, 0.1) is 0 Å². The maximum absolute atomic E-state index is 11.2. The standard InChI is InChI=1S/C12H14BrNO2/c1-8-4-3-7-14(8)10-6-2-5-9(13)11(10)12(15)16/h2,5-6,8H,3-4,7H2,1H3,(H,15,16). The molecule has 1 unspecified atom stereocenters. The Morgan fingerprint density at radius 1 is 1.56 bits per heavy atom. The molecular weight excluding hydrogens is 270 g/mol. The lowest BCUT2D eigenvalue weighted by atomic mass is 10.1. The summed E-state index contributed by atoms with van der Waals surface area (Å²) in [4.78, 5) is 13.4. The molecule has 1 aliphatic heterocycles. The Morgan fingerprint density at radius 3 is 2.88 bits per heavy atom. The second kappa shape index (κ2) is 4.45. The minimum Gasteiger partial charge on any atom is -0.478 e. The third-order valence-corrected chi connectivity index (χ3v) is 3.73. The molecule has 1 atom stereocenters. The molecule has 86 valence electrons.